The van der Waals surface area contributed by atoms with Crippen LogP contribution in [-0.4, -0.2) is 22.8 Å². The molecule has 0 bridgehead atoms. The summed E-state index contributed by atoms with van der Waals surface area (Å²) in [5.74, 6) is 1.14. The fourth-order valence-electron chi connectivity index (χ4n) is 1.98. The fraction of sp³-hybridized carbons (Fsp3) is 0.333. The van der Waals surface area contributed by atoms with Crippen LogP contribution in [0.25, 0.3) is 0 Å². The van der Waals surface area contributed by atoms with Crippen LogP contribution in [0.1, 0.15) is 26.3 Å². The summed E-state index contributed by atoms with van der Waals surface area (Å²) in [6, 6.07) is 11.6. The molecule has 0 aliphatic rings. The number of hydrogen-bond donors (Lipinski definition) is 2. The van der Waals surface area contributed by atoms with Gasteiger partial charge in [-0.15, -0.1) is 11.8 Å². The van der Waals surface area contributed by atoms with E-state index in [1.54, 1.807) is 18.9 Å². The summed E-state index contributed by atoms with van der Waals surface area (Å²) in [5, 5.41) is 4.06. The van der Waals surface area contributed by atoms with Crippen LogP contribution >= 0.6 is 11.8 Å². The number of guanidine groups is 1. The molecule has 1 heterocycles. The molecule has 1 aromatic carbocycles. The average Bonchev–Trinajstić information content (AvgIpc) is 2.52. The van der Waals surface area contributed by atoms with Crippen LogP contribution in [0.15, 0.2) is 52.6 Å². The number of pyridine rings is 1. The van der Waals surface area contributed by atoms with Crippen molar-refractivity contribution in [3.05, 3.63) is 48.2 Å². The maximum Gasteiger partial charge on any atom is 0.193 e. The highest BCUT2D eigenvalue weighted by atomic mass is 32.2. The predicted octanol–water partition coefficient (Wildman–Crippen LogP) is 3.91. The van der Waals surface area contributed by atoms with Crippen molar-refractivity contribution in [1.29, 1.82) is 0 Å². The number of nitrogens with zero attached hydrogens (tertiary/aromatic N) is 2. The Bertz CT molecular complexity index is 710. The van der Waals surface area contributed by atoms with Gasteiger partial charge in [-0.25, -0.2) is 9.98 Å². The molecule has 0 aliphatic carbocycles. The minimum Gasteiger partial charge on any atom is -0.497 e. The molecule has 0 radical (unpaired) electrons. The molecule has 0 saturated carbocycles. The lowest BCUT2D eigenvalue weighted by Crippen LogP contribution is -2.22. The maximum absolute atomic E-state index is 5.96. The van der Waals surface area contributed by atoms with Crippen molar-refractivity contribution in [2.75, 3.05) is 12.4 Å². The Hall–Kier alpha value is -2.21. The first kappa shape index (κ1) is 18.1. The molecule has 0 amide bonds. The second-order valence-corrected chi connectivity index (χ2v) is 8.12. The molecule has 5 nitrogen and oxygen atoms in total. The van der Waals surface area contributed by atoms with Crippen LogP contribution in [0.4, 0.5) is 5.69 Å². The first-order valence-electron chi connectivity index (χ1n) is 7.71. The Labute approximate surface area is 147 Å². The van der Waals surface area contributed by atoms with Gasteiger partial charge in [0, 0.05) is 22.7 Å². The molecule has 24 heavy (non-hydrogen) atoms. The first-order valence-corrected chi connectivity index (χ1v) is 8.52. The quantitative estimate of drug-likeness (QED) is 0.489. The fourth-order valence-corrected chi connectivity index (χ4v) is 2.93. The van der Waals surface area contributed by atoms with Crippen LogP contribution in [0.2, 0.25) is 0 Å². The number of hydrogen-bond acceptors (Lipinski definition) is 4. The van der Waals surface area contributed by atoms with Gasteiger partial charge in [0.05, 0.1) is 18.7 Å². The predicted molar refractivity (Wildman–Crippen MR) is 102 cm³/mol. The number of rotatable bonds is 5. The zero-order valence-corrected chi connectivity index (χ0v) is 15.4. The molecule has 1 aromatic heterocycles. The molecule has 0 fully saturated rings. The lowest BCUT2D eigenvalue weighted by molar-refractivity contribution is 0.415. The lowest BCUT2D eigenvalue weighted by Gasteiger charge is -2.16. The van der Waals surface area contributed by atoms with Crippen LogP contribution < -0.4 is 15.8 Å². The van der Waals surface area contributed by atoms with Gasteiger partial charge in [0.25, 0.3) is 0 Å². The Morgan fingerprint density at radius 3 is 2.79 bits per heavy atom. The summed E-state index contributed by atoms with van der Waals surface area (Å²) in [4.78, 5) is 8.78. The third-order valence-electron chi connectivity index (χ3n) is 2.98. The van der Waals surface area contributed by atoms with Crippen molar-refractivity contribution in [2.45, 2.75) is 37.1 Å². The van der Waals surface area contributed by atoms with E-state index in [0.29, 0.717) is 12.5 Å². The van der Waals surface area contributed by atoms with E-state index in [2.05, 4.69) is 42.1 Å². The van der Waals surface area contributed by atoms with Gasteiger partial charge in [-0.3, -0.25) is 0 Å². The highest BCUT2D eigenvalue weighted by Gasteiger charge is 2.13. The van der Waals surface area contributed by atoms with E-state index in [9.17, 15) is 0 Å². The lowest BCUT2D eigenvalue weighted by atomic mass is 10.3. The molecule has 0 saturated heterocycles. The highest BCUT2D eigenvalue weighted by Crippen LogP contribution is 2.30. The summed E-state index contributed by atoms with van der Waals surface area (Å²) < 4.78 is 5.32. The summed E-state index contributed by atoms with van der Waals surface area (Å²) in [7, 11) is 1.63. The Morgan fingerprint density at radius 1 is 1.29 bits per heavy atom. The van der Waals surface area contributed by atoms with E-state index < -0.39 is 0 Å². The molecule has 2 aromatic rings. The smallest absolute Gasteiger partial charge is 0.193 e. The van der Waals surface area contributed by atoms with Crippen LogP contribution in [0.3, 0.4) is 0 Å². The molecule has 0 aliphatic heterocycles. The van der Waals surface area contributed by atoms with Gasteiger partial charge in [0.1, 0.15) is 5.75 Å². The van der Waals surface area contributed by atoms with Crippen molar-refractivity contribution in [1.82, 2.24) is 4.98 Å². The van der Waals surface area contributed by atoms with Crippen molar-refractivity contribution in [3.8, 4) is 5.75 Å². The number of anilines is 1. The number of nitrogens with two attached hydrogens (primary N) is 1. The minimum atomic E-state index is 0.127. The van der Waals surface area contributed by atoms with Crippen LogP contribution in [0.5, 0.6) is 5.75 Å². The number of nitrogens with one attached hydrogen (secondary N) is 1. The van der Waals surface area contributed by atoms with Gasteiger partial charge in [0.15, 0.2) is 5.96 Å². The molecule has 0 unspecified atom stereocenters. The third-order valence-corrected chi connectivity index (χ3v) is 4.03. The topological polar surface area (TPSA) is 72.5 Å². The van der Waals surface area contributed by atoms with E-state index in [4.69, 9.17) is 10.5 Å². The summed E-state index contributed by atoms with van der Waals surface area (Å²) >= 11 is 1.74. The van der Waals surface area contributed by atoms with Crippen molar-refractivity contribution < 1.29 is 4.74 Å². The molecule has 128 valence electrons. The summed E-state index contributed by atoms with van der Waals surface area (Å²) in [5.41, 5.74) is 7.88. The number of benzene rings is 1. The van der Waals surface area contributed by atoms with Crippen molar-refractivity contribution >= 4 is 23.4 Å². The largest absolute Gasteiger partial charge is 0.497 e. The second kappa shape index (κ2) is 8.06. The van der Waals surface area contributed by atoms with Crippen LogP contribution in [-0.2, 0) is 6.54 Å². The summed E-state index contributed by atoms with van der Waals surface area (Å²) in [6.45, 7) is 7.00. The van der Waals surface area contributed by atoms with E-state index in [-0.39, 0.29) is 4.75 Å². The molecular weight excluding hydrogens is 320 g/mol. The zero-order valence-electron chi connectivity index (χ0n) is 14.5. The average molecular weight is 344 g/mol. The number of thioether (sulfide) groups is 1. The monoisotopic (exact) mass is 344 g/mol. The van der Waals surface area contributed by atoms with Gasteiger partial charge in [0.2, 0.25) is 0 Å². The van der Waals surface area contributed by atoms with Gasteiger partial charge < -0.3 is 15.8 Å². The van der Waals surface area contributed by atoms with Crippen molar-refractivity contribution in [3.63, 3.8) is 0 Å². The number of methoxy groups -OCH3 is 1. The van der Waals surface area contributed by atoms with E-state index >= 15 is 0 Å². The normalized spacial score (nSPS) is 12.1. The number of ether oxygens (including phenoxy) is 1. The van der Waals surface area contributed by atoms with Crippen molar-refractivity contribution in [2.24, 2.45) is 10.7 Å². The molecule has 0 atom stereocenters. The van der Waals surface area contributed by atoms with Gasteiger partial charge in [-0.1, -0.05) is 26.8 Å². The van der Waals surface area contributed by atoms with E-state index in [1.165, 1.54) is 0 Å². The minimum absolute atomic E-state index is 0.127. The first-order chi connectivity index (χ1) is 11.4. The Balaban J connectivity index is 2.00. The molecule has 6 heteroatoms. The Morgan fingerprint density at radius 2 is 2.08 bits per heavy atom. The molecule has 0 spiro atoms. The molecule has 2 rings (SSSR count). The molecule has 3 N–H and O–H groups in total. The Kier molecular flexibility index (Phi) is 6.09. The summed E-state index contributed by atoms with van der Waals surface area (Å²) in [6.07, 6.45) is 1.81. The zero-order chi connectivity index (χ0) is 17.6. The van der Waals surface area contributed by atoms with Gasteiger partial charge >= 0.3 is 0 Å². The number of aliphatic imine (C=N–C) groups is 1. The van der Waals surface area contributed by atoms with Gasteiger partial charge in [-0.2, -0.15) is 0 Å². The highest BCUT2D eigenvalue weighted by molar-refractivity contribution is 8.00. The van der Waals surface area contributed by atoms with E-state index in [1.807, 2.05) is 36.5 Å². The third kappa shape index (κ3) is 6.12. The second-order valence-electron chi connectivity index (χ2n) is 6.28. The number of aromatic nitrogens is 1. The molecular formula is C18H24N4OS. The standard InChI is InChI=1S/C18H24N4OS/c1-18(2,3)24-16-10-13(8-9-20-16)12-21-17(19)22-14-6-5-7-15(11-14)23-4/h5-11H,12H2,1-4H3,(H3,19,21,22). The maximum atomic E-state index is 5.96. The van der Waals surface area contributed by atoms with Crippen LogP contribution in [0, 0.1) is 0 Å². The van der Waals surface area contributed by atoms with E-state index in [0.717, 1.165) is 22.0 Å². The SMILES string of the molecule is COc1cccc(NC(N)=NCc2ccnc(SC(C)(C)C)c2)c1. The van der Waals surface area contributed by atoms with Gasteiger partial charge in [-0.05, 0) is 29.8 Å².